The number of hydrogen-bond acceptors (Lipinski definition) is 5. The highest BCUT2D eigenvalue weighted by molar-refractivity contribution is 7.13. The zero-order valence-electron chi connectivity index (χ0n) is 14.8. The van der Waals surface area contributed by atoms with Crippen molar-refractivity contribution in [3.63, 3.8) is 0 Å². The van der Waals surface area contributed by atoms with Crippen molar-refractivity contribution >= 4 is 28.3 Å². The van der Waals surface area contributed by atoms with Crippen LogP contribution in [0.15, 0.2) is 41.9 Å². The summed E-state index contributed by atoms with van der Waals surface area (Å²) in [7, 11) is 1.63. The van der Waals surface area contributed by atoms with Crippen molar-refractivity contribution in [3.8, 4) is 0 Å². The van der Waals surface area contributed by atoms with Gasteiger partial charge in [0.15, 0.2) is 5.13 Å². The lowest BCUT2D eigenvalue weighted by atomic mass is 10.1. The molecular weight excluding hydrogens is 350 g/mol. The van der Waals surface area contributed by atoms with Crippen molar-refractivity contribution in [3.05, 3.63) is 47.5 Å². The minimum Gasteiger partial charge on any atom is -0.385 e. The predicted molar refractivity (Wildman–Crippen MR) is 101 cm³/mol. The smallest absolute Gasteiger partial charge is 0.245 e. The fourth-order valence-corrected chi connectivity index (χ4v) is 3.60. The number of ether oxygens (including phenoxy) is 1. The van der Waals surface area contributed by atoms with Gasteiger partial charge < -0.3 is 15.0 Å². The summed E-state index contributed by atoms with van der Waals surface area (Å²) in [6.07, 6.45) is 3.18. The molecule has 0 aliphatic heterocycles. The van der Waals surface area contributed by atoms with Crippen molar-refractivity contribution in [2.75, 3.05) is 32.1 Å². The molecule has 1 heterocycles. The quantitative estimate of drug-likeness (QED) is 0.686. The molecular formula is C19H23N3O3S. The molecule has 2 atom stereocenters. The summed E-state index contributed by atoms with van der Waals surface area (Å²) in [4.78, 5) is 30.9. The van der Waals surface area contributed by atoms with E-state index in [-0.39, 0.29) is 30.2 Å². The van der Waals surface area contributed by atoms with Gasteiger partial charge in [0, 0.05) is 37.8 Å². The minimum absolute atomic E-state index is 0.0346. The number of amides is 2. The maximum Gasteiger partial charge on any atom is 0.245 e. The van der Waals surface area contributed by atoms with E-state index in [1.165, 1.54) is 16.9 Å². The fourth-order valence-electron chi connectivity index (χ4n) is 3.06. The molecule has 1 fully saturated rings. The van der Waals surface area contributed by atoms with E-state index in [1.807, 2.05) is 18.2 Å². The van der Waals surface area contributed by atoms with E-state index in [0.717, 1.165) is 6.42 Å². The molecule has 1 saturated carbocycles. The lowest BCUT2D eigenvalue weighted by Crippen LogP contribution is -2.40. The van der Waals surface area contributed by atoms with Gasteiger partial charge >= 0.3 is 0 Å². The largest absolute Gasteiger partial charge is 0.385 e. The molecule has 26 heavy (non-hydrogen) atoms. The first-order valence-corrected chi connectivity index (χ1v) is 9.59. The third-order valence-electron chi connectivity index (χ3n) is 4.44. The Morgan fingerprint density at radius 2 is 2.15 bits per heavy atom. The fraction of sp³-hybridized carbons (Fsp3) is 0.421. The van der Waals surface area contributed by atoms with Gasteiger partial charge in [-0.25, -0.2) is 4.98 Å². The van der Waals surface area contributed by atoms with Crippen LogP contribution in [-0.4, -0.2) is 48.5 Å². The molecule has 6 nitrogen and oxygen atoms in total. The Morgan fingerprint density at radius 3 is 2.85 bits per heavy atom. The highest BCUT2D eigenvalue weighted by atomic mass is 32.1. The number of methoxy groups -OCH3 is 1. The van der Waals surface area contributed by atoms with E-state index < -0.39 is 0 Å². The van der Waals surface area contributed by atoms with Gasteiger partial charge in [0.1, 0.15) is 0 Å². The predicted octanol–water partition coefficient (Wildman–Crippen LogP) is 2.75. The first-order valence-electron chi connectivity index (χ1n) is 8.71. The highest BCUT2D eigenvalue weighted by Gasteiger charge is 2.45. The average molecular weight is 373 g/mol. The molecule has 1 aliphatic carbocycles. The topological polar surface area (TPSA) is 71.5 Å². The van der Waals surface area contributed by atoms with Gasteiger partial charge in [-0.3, -0.25) is 9.59 Å². The molecule has 1 aromatic carbocycles. The summed E-state index contributed by atoms with van der Waals surface area (Å²) in [6.45, 7) is 1.11. The summed E-state index contributed by atoms with van der Waals surface area (Å²) in [5, 5.41) is 5.09. The van der Waals surface area contributed by atoms with Crippen LogP contribution < -0.4 is 5.32 Å². The van der Waals surface area contributed by atoms with E-state index in [0.29, 0.717) is 24.7 Å². The Morgan fingerprint density at radius 1 is 1.35 bits per heavy atom. The standard InChI is InChI=1S/C19H23N3O3S/c1-25-10-5-9-22(13-17(23)21-19-20-8-11-26-19)18(24)16-12-15(16)14-6-3-2-4-7-14/h2-4,6-8,11,15-16H,5,9-10,12-13H2,1H3,(H,20,21,23)/t15-,16+/m0/s1. The number of carbonyl (C=O) groups is 2. The summed E-state index contributed by atoms with van der Waals surface area (Å²) in [6, 6.07) is 10.1. The molecule has 0 saturated heterocycles. The van der Waals surface area contributed by atoms with Gasteiger partial charge in [-0.1, -0.05) is 30.3 Å². The Bertz CT molecular complexity index is 721. The Labute approximate surface area is 157 Å². The molecule has 0 spiro atoms. The highest BCUT2D eigenvalue weighted by Crippen LogP contribution is 2.48. The number of rotatable bonds is 9. The van der Waals surface area contributed by atoms with E-state index in [1.54, 1.807) is 23.6 Å². The van der Waals surface area contributed by atoms with Crippen LogP contribution in [0.2, 0.25) is 0 Å². The zero-order valence-corrected chi connectivity index (χ0v) is 15.6. The van der Waals surface area contributed by atoms with Crippen LogP contribution in [0.4, 0.5) is 5.13 Å². The van der Waals surface area contributed by atoms with Crippen LogP contribution in [0.25, 0.3) is 0 Å². The number of benzene rings is 1. The van der Waals surface area contributed by atoms with Gasteiger partial charge in [0.2, 0.25) is 11.8 Å². The van der Waals surface area contributed by atoms with Gasteiger partial charge in [0.25, 0.3) is 0 Å². The summed E-state index contributed by atoms with van der Waals surface area (Å²) in [5.74, 6) is 0.0510. The van der Waals surface area contributed by atoms with E-state index >= 15 is 0 Å². The van der Waals surface area contributed by atoms with E-state index in [4.69, 9.17) is 4.74 Å². The Hall–Kier alpha value is -2.25. The van der Waals surface area contributed by atoms with Crippen LogP contribution in [-0.2, 0) is 14.3 Å². The zero-order chi connectivity index (χ0) is 18.4. The number of nitrogens with zero attached hydrogens (tertiary/aromatic N) is 2. The van der Waals surface area contributed by atoms with Crippen molar-refractivity contribution in [1.29, 1.82) is 0 Å². The second-order valence-electron chi connectivity index (χ2n) is 6.35. The lowest BCUT2D eigenvalue weighted by Gasteiger charge is -2.22. The number of aromatic nitrogens is 1. The molecule has 2 aromatic rings. The molecule has 1 N–H and O–H groups in total. The normalized spacial score (nSPS) is 18.3. The Kier molecular flexibility index (Phi) is 6.35. The van der Waals surface area contributed by atoms with Crippen molar-refractivity contribution < 1.29 is 14.3 Å². The molecule has 7 heteroatoms. The van der Waals surface area contributed by atoms with Crippen LogP contribution in [0.3, 0.4) is 0 Å². The summed E-state index contributed by atoms with van der Waals surface area (Å²) < 4.78 is 5.08. The van der Waals surface area contributed by atoms with Crippen LogP contribution in [0.1, 0.15) is 24.3 Å². The third kappa shape index (κ3) is 4.89. The first-order chi connectivity index (χ1) is 12.7. The molecule has 0 radical (unpaired) electrons. The number of anilines is 1. The molecule has 1 aliphatic rings. The average Bonchev–Trinajstić information content (AvgIpc) is 3.30. The molecule has 2 amide bonds. The maximum atomic E-state index is 12.9. The molecule has 1 aromatic heterocycles. The Balaban J connectivity index is 1.60. The van der Waals surface area contributed by atoms with Crippen molar-refractivity contribution in [2.24, 2.45) is 5.92 Å². The van der Waals surface area contributed by atoms with Crippen LogP contribution >= 0.6 is 11.3 Å². The van der Waals surface area contributed by atoms with Crippen molar-refractivity contribution in [1.82, 2.24) is 9.88 Å². The number of carbonyl (C=O) groups excluding carboxylic acids is 2. The maximum absolute atomic E-state index is 12.9. The minimum atomic E-state index is -0.220. The van der Waals surface area contributed by atoms with Crippen LogP contribution in [0, 0.1) is 5.92 Å². The SMILES string of the molecule is COCCCN(CC(=O)Nc1nccs1)C(=O)[C@@H]1C[C@H]1c1ccccc1. The van der Waals surface area contributed by atoms with Gasteiger partial charge in [0.05, 0.1) is 6.54 Å². The van der Waals surface area contributed by atoms with Gasteiger partial charge in [-0.2, -0.15) is 0 Å². The number of hydrogen-bond donors (Lipinski definition) is 1. The first kappa shape index (κ1) is 18.5. The molecule has 138 valence electrons. The van der Waals surface area contributed by atoms with Gasteiger partial charge in [-0.05, 0) is 24.3 Å². The lowest BCUT2D eigenvalue weighted by molar-refractivity contribution is -0.136. The number of thiazole rings is 1. The second kappa shape index (κ2) is 8.91. The van der Waals surface area contributed by atoms with Gasteiger partial charge in [-0.15, -0.1) is 11.3 Å². The van der Waals surface area contributed by atoms with E-state index in [2.05, 4.69) is 22.4 Å². The summed E-state index contributed by atoms with van der Waals surface area (Å²) >= 11 is 1.36. The monoisotopic (exact) mass is 373 g/mol. The summed E-state index contributed by atoms with van der Waals surface area (Å²) in [5.41, 5.74) is 1.19. The molecule has 0 bridgehead atoms. The van der Waals surface area contributed by atoms with E-state index in [9.17, 15) is 9.59 Å². The molecule has 3 rings (SSSR count). The number of nitrogens with one attached hydrogen (secondary N) is 1. The van der Waals surface area contributed by atoms with Crippen LogP contribution in [0.5, 0.6) is 0 Å². The third-order valence-corrected chi connectivity index (χ3v) is 5.13. The molecule has 0 unspecified atom stereocenters. The van der Waals surface area contributed by atoms with Crippen molar-refractivity contribution in [2.45, 2.75) is 18.8 Å². The second-order valence-corrected chi connectivity index (χ2v) is 7.25.